The highest BCUT2D eigenvalue weighted by Gasteiger charge is 2.27. The van der Waals surface area contributed by atoms with E-state index in [1.807, 2.05) is 47.8 Å². The molecule has 1 N–H and O–H groups in total. The molecule has 0 aliphatic carbocycles. The third-order valence-corrected chi connectivity index (χ3v) is 7.02. The van der Waals surface area contributed by atoms with Crippen molar-refractivity contribution in [3.05, 3.63) is 76.5 Å². The molecule has 1 unspecified atom stereocenters. The summed E-state index contributed by atoms with van der Waals surface area (Å²) in [6.45, 7) is 1.87. The van der Waals surface area contributed by atoms with Gasteiger partial charge in [0.1, 0.15) is 18.0 Å². The first-order valence-electron chi connectivity index (χ1n) is 12.3. The fourth-order valence-corrected chi connectivity index (χ4v) is 4.94. The number of anilines is 1. The number of thiophene rings is 1. The topological polar surface area (TPSA) is 80.3 Å². The Morgan fingerprint density at radius 2 is 1.76 bits per heavy atom. The van der Waals surface area contributed by atoms with Crippen molar-refractivity contribution in [2.75, 3.05) is 39.2 Å². The highest BCUT2D eigenvalue weighted by molar-refractivity contribution is 7.09. The Morgan fingerprint density at radius 1 is 1.00 bits per heavy atom. The van der Waals surface area contributed by atoms with Crippen molar-refractivity contribution in [1.82, 2.24) is 9.80 Å². The van der Waals surface area contributed by atoms with Crippen LogP contribution in [0.5, 0.6) is 11.5 Å². The molecule has 3 aromatic rings. The number of hydrogen-bond acceptors (Lipinski definition) is 6. The van der Waals surface area contributed by atoms with Crippen molar-refractivity contribution in [3.8, 4) is 11.5 Å². The highest BCUT2D eigenvalue weighted by atomic mass is 32.1. The zero-order valence-electron chi connectivity index (χ0n) is 21.2. The number of nitrogens with one attached hydrogen (secondary N) is 1. The number of carbonyl (C=O) groups excluding carboxylic acids is 2. The van der Waals surface area contributed by atoms with Crippen LogP contribution in [0.15, 0.2) is 66.0 Å². The molecule has 8 nitrogen and oxygen atoms in total. The highest BCUT2D eigenvalue weighted by Crippen LogP contribution is 2.26. The molecule has 1 saturated heterocycles. The molecule has 37 heavy (non-hydrogen) atoms. The fraction of sp³-hybridized carbons (Fsp3) is 0.357. The van der Waals surface area contributed by atoms with Gasteiger partial charge in [-0.3, -0.25) is 4.79 Å². The van der Waals surface area contributed by atoms with Crippen LogP contribution in [0.1, 0.15) is 23.3 Å². The molecule has 0 saturated carbocycles. The molecular formula is C28H33N3O5S. The van der Waals surface area contributed by atoms with E-state index in [0.717, 1.165) is 23.3 Å². The van der Waals surface area contributed by atoms with E-state index in [4.69, 9.17) is 14.2 Å². The third-order valence-electron chi connectivity index (χ3n) is 6.16. The lowest BCUT2D eigenvalue weighted by Gasteiger charge is -2.29. The fourth-order valence-electron chi connectivity index (χ4n) is 4.23. The van der Waals surface area contributed by atoms with Gasteiger partial charge in [-0.25, -0.2) is 4.79 Å². The molecule has 1 atom stereocenters. The van der Waals surface area contributed by atoms with Gasteiger partial charge in [0.25, 0.3) is 0 Å². The first-order chi connectivity index (χ1) is 18.0. The average molecular weight is 524 g/mol. The number of urea groups is 1. The summed E-state index contributed by atoms with van der Waals surface area (Å²) >= 11 is 1.61. The van der Waals surface area contributed by atoms with E-state index in [1.54, 1.807) is 48.7 Å². The lowest BCUT2D eigenvalue weighted by Crippen LogP contribution is -2.46. The van der Waals surface area contributed by atoms with Crippen molar-refractivity contribution in [1.29, 1.82) is 0 Å². The van der Waals surface area contributed by atoms with Crippen molar-refractivity contribution < 1.29 is 23.8 Å². The van der Waals surface area contributed by atoms with Crippen LogP contribution in [0.4, 0.5) is 10.5 Å². The SMILES string of the molecule is COc1cc(NC(=O)N(CC(=O)N(Cc2ccccc2)Cc2cccs2)CC2CCCO2)cc(OC)c1. The maximum atomic E-state index is 13.6. The maximum Gasteiger partial charge on any atom is 0.322 e. The minimum absolute atomic E-state index is 0.0645. The molecule has 1 aliphatic rings. The van der Waals surface area contributed by atoms with E-state index in [0.29, 0.717) is 43.4 Å². The van der Waals surface area contributed by atoms with Gasteiger partial charge in [0, 0.05) is 48.5 Å². The number of amides is 3. The van der Waals surface area contributed by atoms with Gasteiger partial charge in [-0.15, -0.1) is 11.3 Å². The Bertz CT molecular complexity index is 1130. The van der Waals surface area contributed by atoms with Crippen molar-refractivity contribution in [2.24, 2.45) is 0 Å². The zero-order valence-corrected chi connectivity index (χ0v) is 22.0. The van der Waals surface area contributed by atoms with Gasteiger partial charge in [-0.05, 0) is 29.9 Å². The summed E-state index contributed by atoms with van der Waals surface area (Å²) in [5, 5.41) is 4.91. The van der Waals surface area contributed by atoms with E-state index in [9.17, 15) is 9.59 Å². The van der Waals surface area contributed by atoms with Gasteiger partial charge >= 0.3 is 6.03 Å². The molecule has 4 rings (SSSR count). The number of benzene rings is 2. The molecule has 1 fully saturated rings. The van der Waals surface area contributed by atoms with Crippen LogP contribution in [-0.4, -0.2) is 61.8 Å². The summed E-state index contributed by atoms with van der Waals surface area (Å²) in [7, 11) is 3.11. The molecule has 9 heteroatoms. The summed E-state index contributed by atoms with van der Waals surface area (Å²) in [4.78, 5) is 31.5. The summed E-state index contributed by atoms with van der Waals surface area (Å²) in [6, 6.07) is 18.7. The molecule has 0 radical (unpaired) electrons. The van der Waals surface area contributed by atoms with Gasteiger partial charge in [0.2, 0.25) is 5.91 Å². The average Bonchev–Trinajstić information content (AvgIpc) is 3.63. The first kappa shape index (κ1) is 26.5. The number of hydrogen-bond donors (Lipinski definition) is 1. The first-order valence-corrected chi connectivity index (χ1v) is 13.2. The second kappa shape index (κ2) is 13.1. The normalized spacial score (nSPS) is 14.7. The Kier molecular flexibility index (Phi) is 9.40. The van der Waals surface area contributed by atoms with Crippen LogP contribution < -0.4 is 14.8 Å². The Morgan fingerprint density at radius 3 is 2.38 bits per heavy atom. The smallest absolute Gasteiger partial charge is 0.322 e. The van der Waals surface area contributed by atoms with Gasteiger partial charge in [0.05, 0.1) is 26.9 Å². The van der Waals surface area contributed by atoms with E-state index < -0.39 is 0 Å². The molecule has 0 spiro atoms. The summed E-state index contributed by atoms with van der Waals surface area (Å²) < 4.78 is 16.4. The molecule has 3 amide bonds. The quantitative estimate of drug-likeness (QED) is 0.382. The van der Waals surface area contributed by atoms with Crippen LogP contribution >= 0.6 is 11.3 Å². The lowest BCUT2D eigenvalue weighted by molar-refractivity contribution is -0.133. The molecular weight excluding hydrogens is 490 g/mol. The zero-order chi connectivity index (χ0) is 26.0. The van der Waals surface area contributed by atoms with Gasteiger partial charge < -0.3 is 29.3 Å². The predicted octanol–water partition coefficient (Wildman–Crippen LogP) is 5.01. The van der Waals surface area contributed by atoms with Gasteiger partial charge in [0.15, 0.2) is 0 Å². The molecule has 1 aliphatic heterocycles. The van der Waals surface area contributed by atoms with Crippen molar-refractivity contribution in [3.63, 3.8) is 0 Å². The van der Waals surface area contributed by atoms with Crippen LogP contribution in [-0.2, 0) is 22.6 Å². The third kappa shape index (κ3) is 7.71. The molecule has 196 valence electrons. The van der Waals surface area contributed by atoms with Crippen LogP contribution in [0.2, 0.25) is 0 Å². The number of ether oxygens (including phenoxy) is 3. The van der Waals surface area contributed by atoms with E-state index >= 15 is 0 Å². The van der Waals surface area contributed by atoms with Gasteiger partial charge in [-0.1, -0.05) is 36.4 Å². The molecule has 0 bridgehead atoms. The number of methoxy groups -OCH3 is 2. The maximum absolute atomic E-state index is 13.6. The van der Waals surface area contributed by atoms with Crippen molar-refractivity contribution >= 4 is 29.0 Å². The van der Waals surface area contributed by atoms with E-state index in [-0.39, 0.29) is 24.6 Å². The number of rotatable bonds is 11. The largest absolute Gasteiger partial charge is 0.497 e. The molecule has 1 aromatic heterocycles. The number of nitrogens with zero attached hydrogens (tertiary/aromatic N) is 2. The Hall–Kier alpha value is -3.56. The monoisotopic (exact) mass is 523 g/mol. The van der Waals surface area contributed by atoms with Crippen LogP contribution in [0.3, 0.4) is 0 Å². The minimum atomic E-state index is -0.380. The van der Waals surface area contributed by atoms with Crippen molar-refractivity contribution in [2.45, 2.75) is 32.0 Å². The second-order valence-electron chi connectivity index (χ2n) is 8.86. The van der Waals surface area contributed by atoms with E-state index in [1.165, 1.54) is 4.90 Å². The minimum Gasteiger partial charge on any atom is -0.497 e. The summed E-state index contributed by atoms with van der Waals surface area (Å²) in [5.74, 6) is 0.983. The Labute approximate surface area is 221 Å². The lowest BCUT2D eigenvalue weighted by atomic mass is 10.2. The standard InChI is InChI=1S/C28H33N3O5S/c1-34-24-14-22(15-25(16-24)35-2)29-28(33)31(18-23-10-6-12-36-23)20-27(32)30(19-26-11-7-13-37-26)17-21-8-4-3-5-9-21/h3-5,7-9,11,13-16,23H,6,10,12,17-20H2,1-2H3,(H,29,33). The molecule has 2 heterocycles. The van der Waals surface area contributed by atoms with E-state index in [2.05, 4.69) is 5.32 Å². The summed E-state index contributed by atoms with van der Waals surface area (Å²) in [5.41, 5.74) is 1.55. The Balaban J connectivity index is 1.52. The summed E-state index contributed by atoms with van der Waals surface area (Å²) in [6.07, 6.45) is 1.70. The molecule has 2 aromatic carbocycles. The van der Waals surface area contributed by atoms with Crippen LogP contribution in [0, 0.1) is 0 Å². The second-order valence-corrected chi connectivity index (χ2v) is 9.89. The van der Waals surface area contributed by atoms with Gasteiger partial charge in [-0.2, -0.15) is 0 Å². The predicted molar refractivity (Wildman–Crippen MR) is 144 cm³/mol. The van der Waals surface area contributed by atoms with Crippen LogP contribution in [0.25, 0.3) is 0 Å². The number of carbonyl (C=O) groups is 2.